The molecule has 4 nitrogen and oxygen atoms in total. The Morgan fingerprint density at radius 1 is 1.42 bits per heavy atom. The second-order valence-corrected chi connectivity index (χ2v) is 3.99. The number of carbonyl (C=O) groups is 2. The normalized spacial score (nSPS) is 10.8. The molecule has 4 heteroatoms. The van der Waals surface area contributed by atoms with Crippen LogP contribution in [0.15, 0.2) is 30.3 Å². The van der Waals surface area contributed by atoms with Crippen LogP contribution in [0.5, 0.6) is 0 Å². The Bertz CT molecular complexity index is 473. The van der Waals surface area contributed by atoms with Gasteiger partial charge in [-0.15, -0.1) is 5.92 Å². The van der Waals surface area contributed by atoms with Crippen molar-refractivity contribution in [3.63, 3.8) is 0 Å². The molecule has 1 rings (SSSR count). The van der Waals surface area contributed by atoms with Crippen LogP contribution in [-0.2, 0) is 16.1 Å². The fourth-order valence-corrected chi connectivity index (χ4v) is 1.42. The lowest BCUT2D eigenvalue weighted by atomic mass is 10.2. The maximum atomic E-state index is 11.9. The summed E-state index contributed by atoms with van der Waals surface area (Å²) in [4.78, 5) is 23.9. The highest BCUT2D eigenvalue weighted by Gasteiger charge is 2.16. The van der Waals surface area contributed by atoms with E-state index in [1.807, 2.05) is 30.3 Å². The number of rotatable bonds is 5. The fourth-order valence-electron chi connectivity index (χ4n) is 1.42. The number of aldehydes is 1. The SMILES string of the molecule is CC#CCN(Cc1ccccc1)C(=O)O[C@H](C)C=O. The average Bonchev–Trinajstić information content (AvgIpc) is 2.44. The monoisotopic (exact) mass is 259 g/mol. The summed E-state index contributed by atoms with van der Waals surface area (Å²) in [7, 11) is 0. The minimum Gasteiger partial charge on any atom is -0.439 e. The van der Waals surface area contributed by atoms with Crippen LogP contribution >= 0.6 is 0 Å². The molecule has 1 atom stereocenters. The lowest BCUT2D eigenvalue weighted by Crippen LogP contribution is -2.34. The predicted octanol–water partition coefficient (Wildman–Crippen LogP) is 2.24. The first-order valence-electron chi connectivity index (χ1n) is 6.01. The van der Waals surface area contributed by atoms with Gasteiger partial charge < -0.3 is 4.74 Å². The Morgan fingerprint density at radius 2 is 2.11 bits per heavy atom. The second kappa shape index (κ2) is 7.93. The van der Waals surface area contributed by atoms with Gasteiger partial charge in [-0.1, -0.05) is 36.3 Å². The number of amides is 1. The van der Waals surface area contributed by atoms with E-state index in [4.69, 9.17) is 4.74 Å². The van der Waals surface area contributed by atoms with Crippen molar-refractivity contribution >= 4 is 12.4 Å². The lowest BCUT2D eigenvalue weighted by Gasteiger charge is -2.20. The van der Waals surface area contributed by atoms with Crippen molar-refractivity contribution in [1.82, 2.24) is 4.90 Å². The first-order valence-corrected chi connectivity index (χ1v) is 6.01. The van der Waals surface area contributed by atoms with Crippen LogP contribution in [0.4, 0.5) is 4.79 Å². The number of carbonyl (C=O) groups excluding carboxylic acids is 2. The van der Waals surface area contributed by atoms with Crippen LogP contribution in [0.25, 0.3) is 0 Å². The Balaban J connectivity index is 2.72. The van der Waals surface area contributed by atoms with E-state index in [0.29, 0.717) is 12.8 Å². The van der Waals surface area contributed by atoms with Crippen LogP contribution in [0, 0.1) is 11.8 Å². The smallest absolute Gasteiger partial charge is 0.411 e. The molecule has 0 N–H and O–H groups in total. The lowest BCUT2D eigenvalue weighted by molar-refractivity contribution is -0.114. The summed E-state index contributed by atoms with van der Waals surface area (Å²) in [6.07, 6.45) is -0.698. The van der Waals surface area contributed by atoms with E-state index in [9.17, 15) is 9.59 Å². The summed E-state index contributed by atoms with van der Waals surface area (Å²) < 4.78 is 4.98. The minimum atomic E-state index is -0.750. The van der Waals surface area contributed by atoms with Gasteiger partial charge in [0.05, 0.1) is 6.54 Å². The molecule has 0 fully saturated rings. The van der Waals surface area contributed by atoms with Crippen molar-refractivity contribution in [3.05, 3.63) is 35.9 Å². The van der Waals surface area contributed by atoms with Crippen molar-refractivity contribution in [2.75, 3.05) is 6.54 Å². The zero-order valence-electron chi connectivity index (χ0n) is 11.1. The fraction of sp³-hybridized carbons (Fsp3) is 0.333. The van der Waals surface area contributed by atoms with Gasteiger partial charge in [0.25, 0.3) is 0 Å². The Morgan fingerprint density at radius 3 is 2.68 bits per heavy atom. The highest BCUT2D eigenvalue weighted by molar-refractivity contribution is 5.71. The number of hydrogen-bond donors (Lipinski definition) is 0. The molecular formula is C15H17NO3. The van der Waals surface area contributed by atoms with Gasteiger partial charge in [0.1, 0.15) is 0 Å². The highest BCUT2D eigenvalue weighted by atomic mass is 16.6. The van der Waals surface area contributed by atoms with Crippen molar-refractivity contribution in [1.29, 1.82) is 0 Å². The average molecular weight is 259 g/mol. The van der Waals surface area contributed by atoms with Gasteiger partial charge in [-0.2, -0.15) is 0 Å². The van der Waals surface area contributed by atoms with Crippen molar-refractivity contribution in [2.45, 2.75) is 26.5 Å². The number of hydrogen-bond acceptors (Lipinski definition) is 3. The third kappa shape index (κ3) is 5.26. The van der Waals surface area contributed by atoms with Crippen LogP contribution in [-0.4, -0.2) is 29.9 Å². The summed E-state index contributed by atoms with van der Waals surface area (Å²) in [5, 5.41) is 0. The summed E-state index contributed by atoms with van der Waals surface area (Å²) in [6, 6.07) is 9.55. The van der Waals surface area contributed by atoms with Gasteiger partial charge in [0.15, 0.2) is 12.4 Å². The van der Waals surface area contributed by atoms with E-state index in [1.54, 1.807) is 6.92 Å². The minimum absolute atomic E-state index is 0.274. The van der Waals surface area contributed by atoms with Crippen molar-refractivity contribution in [2.24, 2.45) is 0 Å². The van der Waals surface area contributed by atoms with Crippen molar-refractivity contribution in [3.8, 4) is 11.8 Å². The zero-order valence-corrected chi connectivity index (χ0v) is 11.1. The molecule has 0 aliphatic heterocycles. The number of ether oxygens (including phenoxy) is 1. The molecule has 0 aliphatic rings. The molecular weight excluding hydrogens is 242 g/mol. The van der Waals surface area contributed by atoms with E-state index in [1.165, 1.54) is 11.8 Å². The topological polar surface area (TPSA) is 46.6 Å². The third-order valence-corrected chi connectivity index (χ3v) is 2.40. The quantitative estimate of drug-likeness (QED) is 0.602. The van der Waals surface area contributed by atoms with E-state index in [2.05, 4.69) is 11.8 Å². The van der Waals surface area contributed by atoms with E-state index >= 15 is 0 Å². The van der Waals surface area contributed by atoms with Crippen molar-refractivity contribution < 1.29 is 14.3 Å². The molecule has 0 bridgehead atoms. The molecule has 0 unspecified atom stereocenters. The maximum Gasteiger partial charge on any atom is 0.411 e. The summed E-state index contributed by atoms with van der Waals surface area (Å²) in [5.41, 5.74) is 0.983. The van der Waals surface area contributed by atoms with Crippen LogP contribution < -0.4 is 0 Å². The molecule has 0 saturated heterocycles. The molecule has 0 aliphatic carbocycles. The molecule has 100 valence electrons. The first-order chi connectivity index (χ1) is 9.17. The highest BCUT2D eigenvalue weighted by Crippen LogP contribution is 2.06. The van der Waals surface area contributed by atoms with Gasteiger partial charge in [-0.25, -0.2) is 4.79 Å². The van der Waals surface area contributed by atoms with Gasteiger partial charge >= 0.3 is 6.09 Å². The van der Waals surface area contributed by atoms with Crippen LogP contribution in [0.2, 0.25) is 0 Å². The number of nitrogens with zero attached hydrogens (tertiary/aromatic N) is 1. The van der Waals surface area contributed by atoms with Gasteiger partial charge in [-0.05, 0) is 19.4 Å². The van der Waals surface area contributed by atoms with Gasteiger partial charge in [0, 0.05) is 6.54 Å². The standard InChI is InChI=1S/C15H17NO3/c1-3-4-10-16(15(18)19-13(2)12-17)11-14-8-6-5-7-9-14/h5-9,12-13H,10-11H2,1-2H3/t13-/m1/s1. The molecule has 1 amide bonds. The molecule has 0 spiro atoms. The molecule has 19 heavy (non-hydrogen) atoms. The largest absolute Gasteiger partial charge is 0.439 e. The summed E-state index contributed by atoms with van der Waals surface area (Å²) in [5.74, 6) is 5.56. The zero-order chi connectivity index (χ0) is 14.1. The third-order valence-electron chi connectivity index (χ3n) is 2.40. The van der Waals surface area contributed by atoms with E-state index in [-0.39, 0.29) is 6.54 Å². The van der Waals surface area contributed by atoms with E-state index in [0.717, 1.165) is 5.56 Å². The molecule has 0 saturated carbocycles. The Hall–Kier alpha value is -2.28. The Labute approximate surface area is 113 Å². The van der Waals surface area contributed by atoms with Gasteiger partial charge in [0.2, 0.25) is 0 Å². The molecule has 1 aromatic rings. The Kier molecular flexibility index (Phi) is 6.17. The summed E-state index contributed by atoms with van der Waals surface area (Å²) in [6.45, 7) is 3.91. The predicted molar refractivity (Wildman–Crippen MR) is 72.3 cm³/mol. The van der Waals surface area contributed by atoms with Gasteiger partial charge in [-0.3, -0.25) is 9.69 Å². The van der Waals surface area contributed by atoms with E-state index < -0.39 is 12.2 Å². The maximum absolute atomic E-state index is 11.9. The van der Waals surface area contributed by atoms with Crippen LogP contribution in [0.3, 0.4) is 0 Å². The second-order valence-electron chi connectivity index (χ2n) is 3.99. The number of benzene rings is 1. The molecule has 0 heterocycles. The molecule has 0 aromatic heterocycles. The molecule has 1 aromatic carbocycles. The molecule has 0 radical (unpaired) electrons. The van der Waals surface area contributed by atoms with Crippen LogP contribution in [0.1, 0.15) is 19.4 Å². The summed E-state index contributed by atoms with van der Waals surface area (Å²) >= 11 is 0. The first kappa shape index (κ1) is 14.8.